The Hall–Kier alpha value is -3.39. The average Bonchev–Trinajstić information content (AvgIpc) is 3.06. The monoisotopic (exact) mass is 465 g/mol. The highest BCUT2D eigenvalue weighted by Crippen LogP contribution is 2.38. The molecule has 2 saturated heterocycles. The van der Waals surface area contributed by atoms with Gasteiger partial charge in [-0.25, -0.2) is 4.79 Å². The SMILES string of the molecule is COC(=O)CN1C(=O)N(CCc2ccccc2)C2(CCN(Cc3ccc(OC)cc3)CC2)C1=O. The number of hydrogen-bond donors (Lipinski definition) is 0. The molecule has 0 saturated carbocycles. The van der Waals surface area contributed by atoms with Crippen LogP contribution in [0, 0.1) is 0 Å². The quantitative estimate of drug-likeness (QED) is 0.441. The molecule has 0 aliphatic carbocycles. The number of piperidine rings is 1. The van der Waals surface area contributed by atoms with Crippen LogP contribution in [0.2, 0.25) is 0 Å². The molecular weight excluding hydrogens is 434 g/mol. The Bertz CT molecular complexity index is 1020. The van der Waals surface area contributed by atoms with Crippen molar-refractivity contribution in [1.29, 1.82) is 0 Å². The van der Waals surface area contributed by atoms with Gasteiger partial charge < -0.3 is 14.4 Å². The number of hydrogen-bond acceptors (Lipinski definition) is 6. The van der Waals surface area contributed by atoms with Crippen LogP contribution >= 0.6 is 0 Å². The molecule has 1 spiro atoms. The summed E-state index contributed by atoms with van der Waals surface area (Å²) in [6.07, 6.45) is 1.70. The molecule has 2 heterocycles. The first-order valence-electron chi connectivity index (χ1n) is 11.6. The van der Waals surface area contributed by atoms with Crippen LogP contribution < -0.4 is 4.74 Å². The van der Waals surface area contributed by atoms with Gasteiger partial charge in [-0.05, 0) is 42.5 Å². The van der Waals surface area contributed by atoms with E-state index >= 15 is 0 Å². The summed E-state index contributed by atoms with van der Waals surface area (Å²) < 4.78 is 9.96. The summed E-state index contributed by atoms with van der Waals surface area (Å²) in [5, 5.41) is 0. The van der Waals surface area contributed by atoms with E-state index in [2.05, 4.69) is 4.90 Å². The fourth-order valence-corrected chi connectivity index (χ4v) is 4.86. The number of urea groups is 1. The number of methoxy groups -OCH3 is 2. The molecule has 0 bridgehead atoms. The van der Waals surface area contributed by atoms with Crippen LogP contribution in [0.1, 0.15) is 24.0 Å². The molecule has 8 nitrogen and oxygen atoms in total. The number of ether oxygens (including phenoxy) is 2. The fourth-order valence-electron chi connectivity index (χ4n) is 4.86. The van der Waals surface area contributed by atoms with Crippen LogP contribution in [-0.4, -0.2) is 78.5 Å². The van der Waals surface area contributed by atoms with Crippen molar-refractivity contribution in [3.8, 4) is 5.75 Å². The van der Waals surface area contributed by atoms with Crippen LogP contribution in [0.4, 0.5) is 4.79 Å². The van der Waals surface area contributed by atoms with Crippen molar-refractivity contribution in [2.24, 2.45) is 0 Å². The predicted molar refractivity (Wildman–Crippen MR) is 126 cm³/mol. The summed E-state index contributed by atoms with van der Waals surface area (Å²) in [7, 11) is 2.90. The Morgan fingerprint density at radius 3 is 2.24 bits per heavy atom. The highest BCUT2D eigenvalue weighted by Gasteiger charge is 2.58. The molecule has 2 aliphatic heterocycles. The van der Waals surface area contributed by atoms with E-state index in [4.69, 9.17) is 9.47 Å². The third-order valence-electron chi connectivity index (χ3n) is 6.85. The van der Waals surface area contributed by atoms with Crippen molar-refractivity contribution in [3.05, 3.63) is 65.7 Å². The lowest BCUT2D eigenvalue weighted by atomic mass is 9.85. The molecule has 180 valence electrons. The topological polar surface area (TPSA) is 79.4 Å². The van der Waals surface area contributed by atoms with E-state index < -0.39 is 17.5 Å². The Morgan fingerprint density at radius 1 is 0.941 bits per heavy atom. The zero-order valence-electron chi connectivity index (χ0n) is 19.7. The van der Waals surface area contributed by atoms with Gasteiger partial charge in [0.2, 0.25) is 0 Å². The lowest BCUT2D eigenvalue weighted by Gasteiger charge is -2.42. The second-order valence-electron chi connectivity index (χ2n) is 8.79. The number of imide groups is 1. The van der Waals surface area contributed by atoms with Crippen LogP contribution in [-0.2, 0) is 27.3 Å². The van der Waals surface area contributed by atoms with E-state index in [-0.39, 0.29) is 12.5 Å². The molecule has 2 aliphatic rings. The fraction of sp³-hybridized carbons (Fsp3) is 0.423. The van der Waals surface area contributed by atoms with Gasteiger partial charge in [0, 0.05) is 26.2 Å². The largest absolute Gasteiger partial charge is 0.497 e. The number of nitrogens with zero attached hydrogens (tertiary/aromatic N) is 3. The number of amides is 3. The van der Waals surface area contributed by atoms with Gasteiger partial charge in [-0.1, -0.05) is 42.5 Å². The number of carbonyl (C=O) groups excluding carboxylic acids is 3. The molecule has 2 aromatic rings. The number of carbonyl (C=O) groups is 3. The summed E-state index contributed by atoms with van der Waals surface area (Å²) in [5.41, 5.74) is 1.34. The minimum absolute atomic E-state index is 0.292. The van der Waals surface area contributed by atoms with Crippen molar-refractivity contribution in [2.45, 2.75) is 31.3 Å². The van der Waals surface area contributed by atoms with Gasteiger partial charge in [0.15, 0.2) is 0 Å². The molecule has 8 heteroatoms. The minimum atomic E-state index is -0.920. The van der Waals surface area contributed by atoms with E-state index in [9.17, 15) is 14.4 Å². The van der Waals surface area contributed by atoms with Crippen LogP contribution in [0.25, 0.3) is 0 Å². The molecule has 0 atom stereocenters. The van der Waals surface area contributed by atoms with E-state index in [0.717, 1.165) is 22.8 Å². The lowest BCUT2D eigenvalue weighted by molar-refractivity contribution is -0.146. The molecular formula is C26H31N3O5. The molecule has 0 N–H and O–H groups in total. The lowest BCUT2D eigenvalue weighted by Crippen LogP contribution is -2.56. The zero-order chi connectivity index (χ0) is 24.1. The normalized spacial score (nSPS) is 17.9. The molecule has 2 fully saturated rings. The number of likely N-dealkylation sites (tertiary alicyclic amines) is 1. The summed E-state index contributed by atoms with van der Waals surface area (Å²) >= 11 is 0. The third kappa shape index (κ3) is 4.77. The Labute approximate surface area is 200 Å². The summed E-state index contributed by atoms with van der Waals surface area (Å²) in [6.45, 7) is 2.19. The van der Waals surface area contributed by atoms with Crippen LogP contribution in [0.3, 0.4) is 0 Å². The zero-order valence-corrected chi connectivity index (χ0v) is 19.7. The van der Waals surface area contributed by atoms with E-state index in [0.29, 0.717) is 38.9 Å². The van der Waals surface area contributed by atoms with Gasteiger partial charge in [-0.2, -0.15) is 0 Å². The highest BCUT2D eigenvalue weighted by atomic mass is 16.5. The van der Waals surface area contributed by atoms with E-state index in [1.165, 1.54) is 12.7 Å². The molecule has 34 heavy (non-hydrogen) atoms. The Balaban J connectivity index is 1.49. The number of benzene rings is 2. The Morgan fingerprint density at radius 2 is 1.62 bits per heavy atom. The third-order valence-corrected chi connectivity index (χ3v) is 6.85. The molecule has 3 amide bonds. The highest BCUT2D eigenvalue weighted by molar-refractivity contribution is 6.08. The summed E-state index contributed by atoms with van der Waals surface area (Å²) in [5.74, 6) is -0.0741. The second-order valence-corrected chi connectivity index (χ2v) is 8.79. The van der Waals surface area contributed by atoms with Crippen molar-refractivity contribution >= 4 is 17.9 Å². The molecule has 0 aromatic heterocycles. The van der Waals surface area contributed by atoms with Gasteiger partial charge >= 0.3 is 12.0 Å². The minimum Gasteiger partial charge on any atom is -0.497 e. The molecule has 0 unspecified atom stereocenters. The Kier molecular flexibility index (Phi) is 7.17. The molecule has 4 rings (SSSR count). The predicted octanol–water partition coefficient (Wildman–Crippen LogP) is 2.71. The first-order chi connectivity index (χ1) is 16.5. The summed E-state index contributed by atoms with van der Waals surface area (Å²) in [6, 6.07) is 17.5. The second kappa shape index (κ2) is 10.3. The first kappa shape index (κ1) is 23.8. The van der Waals surface area contributed by atoms with Crippen molar-refractivity contribution in [1.82, 2.24) is 14.7 Å². The van der Waals surface area contributed by atoms with Gasteiger partial charge in [-0.3, -0.25) is 19.4 Å². The van der Waals surface area contributed by atoms with Crippen molar-refractivity contribution in [3.63, 3.8) is 0 Å². The molecule has 2 aromatic carbocycles. The van der Waals surface area contributed by atoms with Gasteiger partial charge in [0.1, 0.15) is 17.8 Å². The van der Waals surface area contributed by atoms with Gasteiger partial charge in [-0.15, -0.1) is 0 Å². The van der Waals surface area contributed by atoms with Gasteiger partial charge in [0.25, 0.3) is 5.91 Å². The maximum atomic E-state index is 13.5. The number of rotatable bonds is 8. The van der Waals surface area contributed by atoms with E-state index in [1.807, 2.05) is 54.6 Å². The van der Waals surface area contributed by atoms with Crippen LogP contribution in [0.15, 0.2) is 54.6 Å². The maximum absolute atomic E-state index is 13.5. The average molecular weight is 466 g/mol. The van der Waals surface area contributed by atoms with E-state index in [1.54, 1.807) is 12.0 Å². The standard InChI is InChI=1S/C26H31N3O5/c1-33-22-10-8-21(9-11-22)18-27-16-13-26(14-17-27)24(31)28(19-23(30)34-2)25(32)29(26)15-12-20-6-4-3-5-7-20/h3-11H,12-19H2,1-2H3. The van der Waals surface area contributed by atoms with Crippen molar-refractivity contribution in [2.75, 3.05) is 40.4 Å². The van der Waals surface area contributed by atoms with Gasteiger partial charge in [0.05, 0.1) is 14.2 Å². The smallest absolute Gasteiger partial charge is 0.328 e. The first-order valence-corrected chi connectivity index (χ1v) is 11.6. The maximum Gasteiger partial charge on any atom is 0.328 e. The number of esters is 1. The summed E-state index contributed by atoms with van der Waals surface area (Å²) in [4.78, 5) is 43.8. The van der Waals surface area contributed by atoms with Crippen LogP contribution in [0.5, 0.6) is 5.75 Å². The van der Waals surface area contributed by atoms with Crippen molar-refractivity contribution < 1.29 is 23.9 Å². The molecule has 0 radical (unpaired) electrons.